The van der Waals surface area contributed by atoms with Crippen LogP contribution in [-0.4, -0.2) is 54.2 Å². The first kappa shape index (κ1) is 15.3. The fourth-order valence-electron chi connectivity index (χ4n) is 3.14. The minimum atomic E-state index is 0.261. The van der Waals surface area contributed by atoms with E-state index in [4.69, 9.17) is 4.42 Å². The van der Waals surface area contributed by atoms with Gasteiger partial charge in [-0.3, -0.25) is 4.90 Å². The van der Waals surface area contributed by atoms with Crippen LogP contribution in [0.15, 0.2) is 47.1 Å². The second-order valence-corrected chi connectivity index (χ2v) is 6.06. The summed E-state index contributed by atoms with van der Waals surface area (Å²) in [6, 6.07) is 12.9. The van der Waals surface area contributed by atoms with Crippen LogP contribution < -0.4 is 0 Å². The monoisotopic (exact) mass is 300 g/mol. The Morgan fingerprint density at radius 1 is 1.23 bits per heavy atom. The van der Waals surface area contributed by atoms with Gasteiger partial charge in [-0.05, 0) is 37.2 Å². The van der Waals surface area contributed by atoms with Crippen LogP contribution in [0.25, 0.3) is 11.3 Å². The van der Waals surface area contributed by atoms with Crippen molar-refractivity contribution in [3.8, 4) is 11.3 Å². The van der Waals surface area contributed by atoms with Gasteiger partial charge in [-0.1, -0.05) is 18.2 Å². The molecule has 2 heterocycles. The number of aliphatic hydroxyl groups is 1. The van der Waals surface area contributed by atoms with Gasteiger partial charge in [-0.25, -0.2) is 0 Å². The summed E-state index contributed by atoms with van der Waals surface area (Å²) in [7, 11) is 2.15. The van der Waals surface area contributed by atoms with Gasteiger partial charge in [0, 0.05) is 44.4 Å². The van der Waals surface area contributed by atoms with E-state index in [9.17, 15) is 5.11 Å². The van der Waals surface area contributed by atoms with Crippen LogP contribution in [0.5, 0.6) is 0 Å². The molecule has 1 saturated heterocycles. The van der Waals surface area contributed by atoms with Gasteiger partial charge in [0.2, 0.25) is 0 Å². The van der Waals surface area contributed by atoms with E-state index in [1.54, 1.807) is 6.26 Å². The highest BCUT2D eigenvalue weighted by Crippen LogP contribution is 2.22. The maximum atomic E-state index is 9.20. The number of hydrogen-bond donors (Lipinski definition) is 1. The molecule has 4 heteroatoms. The second-order valence-electron chi connectivity index (χ2n) is 6.06. The Labute approximate surface area is 132 Å². The molecule has 0 radical (unpaired) electrons. The molecule has 4 nitrogen and oxygen atoms in total. The standard InChI is InChI=1S/C18H24N2O2/c1-19-8-9-20(14-17(19)7-10-21)13-15-4-2-5-16(12-15)18-6-3-11-22-18/h2-6,11-12,17,21H,7-10,13-14H2,1H3. The van der Waals surface area contributed by atoms with E-state index in [1.807, 2.05) is 12.1 Å². The Hall–Kier alpha value is -1.62. The summed E-state index contributed by atoms with van der Waals surface area (Å²) in [5.41, 5.74) is 2.43. The quantitative estimate of drug-likeness (QED) is 0.921. The average molecular weight is 300 g/mol. The molecular formula is C18H24N2O2. The molecule has 2 aromatic rings. The molecule has 1 aromatic carbocycles. The molecule has 1 aromatic heterocycles. The van der Waals surface area contributed by atoms with Gasteiger partial charge in [0.05, 0.1) is 6.26 Å². The molecule has 0 bridgehead atoms. The average Bonchev–Trinajstić information content (AvgIpc) is 3.06. The van der Waals surface area contributed by atoms with Crippen molar-refractivity contribution in [2.75, 3.05) is 33.3 Å². The number of piperazine rings is 1. The van der Waals surface area contributed by atoms with E-state index in [0.717, 1.165) is 43.9 Å². The minimum absolute atomic E-state index is 0.261. The van der Waals surface area contributed by atoms with Crippen LogP contribution in [0, 0.1) is 0 Å². The third-order valence-electron chi connectivity index (χ3n) is 4.46. The second kappa shape index (κ2) is 7.09. The topological polar surface area (TPSA) is 39.9 Å². The molecule has 1 fully saturated rings. The van der Waals surface area contributed by atoms with Crippen molar-refractivity contribution in [2.24, 2.45) is 0 Å². The Morgan fingerprint density at radius 3 is 2.91 bits per heavy atom. The van der Waals surface area contributed by atoms with Gasteiger partial charge in [0.25, 0.3) is 0 Å². The van der Waals surface area contributed by atoms with Crippen LogP contribution in [0.4, 0.5) is 0 Å². The Morgan fingerprint density at radius 2 is 2.14 bits per heavy atom. The van der Waals surface area contributed by atoms with Gasteiger partial charge in [-0.2, -0.15) is 0 Å². The molecule has 22 heavy (non-hydrogen) atoms. The van der Waals surface area contributed by atoms with Crippen molar-refractivity contribution in [1.29, 1.82) is 0 Å². The molecule has 0 saturated carbocycles. The number of likely N-dealkylation sites (N-methyl/N-ethyl adjacent to an activating group) is 1. The van der Waals surface area contributed by atoms with Crippen LogP contribution in [0.3, 0.4) is 0 Å². The van der Waals surface area contributed by atoms with Crippen molar-refractivity contribution in [1.82, 2.24) is 9.80 Å². The molecule has 1 unspecified atom stereocenters. The van der Waals surface area contributed by atoms with Crippen LogP contribution in [0.1, 0.15) is 12.0 Å². The Kier molecular flexibility index (Phi) is 4.93. The smallest absolute Gasteiger partial charge is 0.133 e. The number of hydrogen-bond acceptors (Lipinski definition) is 4. The number of benzene rings is 1. The summed E-state index contributed by atoms with van der Waals surface area (Å²) in [4.78, 5) is 4.83. The predicted molar refractivity (Wildman–Crippen MR) is 87.5 cm³/mol. The summed E-state index contributed by atoms with van der Waals surface area (Å²) in [5.74, 6) is 0.915. The third-order valence-corrected chi connectivity index (χ3v) is 4.46. The van der Waals surface area contributed by atoms with Crippen LogP contribution >= 0.6 is 0 Å². The highest BCUT2D eigenvalue weighted by molar-refractivity contribution is 5.58. The normalized spacial score (nSPS) is 20.4. The predicted octanol–water partition coefficient (Wildman–Crippen LogP) is 2.45. The lowest BCUT2D eigenvalue weighted by atomic mass is 10.1. The largest absolute Gasteiger partial charge is 0.464 e. The summed E-state index contributed by atoms with van der Waals surface area (Å²) >= 11 is 0. The molecule has 3 rings (SSSR count). The highest BCUT2D eigenvalue weighted by atomic mass is 16.3. The SMILES string of the molecule is CN1CCN(Cc2cccc(-c3ccco3)c2)CC1CCO. The lowest BCUT2D eigenvalue weighted by Gasteiger charge is -2.39. The minimum Gasteiger partial charge on any atom is -0.464 e. The molecule has 1 atom stereocenters. The molecule has 1 aliphatic rings. The van der Waals surface area contributed by atoms with Crippen LogP contribution in [0.2, 0.25) is 0 Å². The number of furan rings is 1. The summed E-state index contributed by atoms with van der Waals surface area (Å²) in [6.07, 6.45) is 2.56. The van der Waals surface area contributed by atoms with Crippen LogP contribution in [-0.2, 0) is 6.54 Å². The zero-order valence-electron chi connectivity index (χ0n) is 13.1. The van der Waals surface area contributed by atoms with Crippen molar-refractivity contribution < 1.29 is 9.52 Å². The summed E-state index contributed by atoms with van der Waals surface area (Å²) in [6.45, 7) is 4.36. The molecule has 0 spiro atoms. The molecule has 1 aliphatic heterocycles. The molecule has 1 N–H and O–H groups in total. The van der Waals surface area contributed by atoms with Crippen molar-refractivity contribution in [3.63, 3.8) is 0 Å². The highest BCUT2D eigenvalue weighted by Gasteiger charge is 2.23. The van der Waals surface area contributed by atoms with E-state index in [2.05, 4.69) is 41.1 Å². The molecule has 118 valence electrons. The van der Waals surface area contributed by atoms with Gasteiger partial charge >= 0.3 is 0 Å². The van der Waals surface area contributed by atoms with E-state index < -0.39 is 0 Å². The first-order chi connectivity index (χ1) is 10.8. The summed E-state index contributed by atoms with van der Waals surface area (Å²) < 4.78 is 5.48. The van der Waals surface area contributed by atoms with E-state index in [0.29, 0.717) is 6.04 Å². The third kappa shape index (κ3) is 3.58. The maximum absolute atomic E-state index is 9.20. The van der Waals surface area contributed by atoms with Crippen molar-refractivity contribution >= 4 is 0 Å². The first-order valence-electron chi connectivity index (χ1n) is 7.92. The lowest BCUT2D eigenvalue weighted by molar-refractivity contribution is 0.0743. The van der Waals surface area contributed by atoms with Gasteiger partial charge in [0.15, 0.2) is 0 Å². The summed E-state index contributed by atoms with van der Waals surface area (Å²) in [5, 5.41) is 9.20. The fraction of sp³-hybridized carbons (Fsp3) is 0.444. The van der Waals surface area contributed by atoms with Gasteiger partial charge < -0.3 is 14.4 Å². The van der Waals surface area contributed by atoms with Crippen molar-refractivity contribution in [2.45, 2.75) is 19.0 Å². The molecule has 0 aliphatic carbocycles. The molecule has 0 amide bonds. The Balaban J connectivity index is 1.67. The number of nitrogens with zero attached hydrogens (tertiary/aromatic N) is 2. The molecular weight excluding hydrogens is 276 g/mol. The van der Waals surface area contributed by atoms with E-state index >= 15 is 0 Å². The van der Waals surface area contributed by atoms with E-state index in [-0.39, 0.29) is 6.61 Å². The van der Waals surface area contributed by atoms with Gasteiger partial charge in [0.1, 0.15) is 5.76 Å². The first-order valence-corrected chi connectivity index (χ1v) is 7.92. The van der Waals surface area contributed by atoms with Crippen molar-refractivity contribution in [3.05, 3.63) is 48.2 Å². The van der Waals surface area contributed by atoms with Gasteiger partial charge in [-0.15, -0.1) is 0 Å². The lowest BCUT2D eigenvalue weighted by Crippen LogP contribution is -2.51. The number of rotatable bonds is 5. The zero-order valence-corrected chi connectivity index (χ0v) is 13.1. The number of aliphatic hydroxyl groups excluding tert-OH is 1. The maximum Gasteiger partial charge on any atom is 0.133 e. The van der Waals surface area contributed by atoms with E-state index in [1.165, 1.54) is 5.56 Å². The zero-order chi connectivity index (χ0) is 15.4. The Bertz CT molecular complexity index is 583. The fourth-order valence-corrected chi connectivity index (χ4v) is 3.14.